The first kappa shape index (κ1) is 15.0. The number of nitrogens with zero attached hydrogens (tertiary/aromatic N) is 4. The molecule has 2 rings (SSSR count). The monoisotopic (exact) mass is 288 g/mol. The molecule has 0 bridgehead atoms. The predicted octanol–water partition coefficient (Wildman–Crippen LogP) is 1.54. The van der Waals surface area contributed by atoms with Crippen LogP contribution in [0.15, 0.2) is 18.7 Å². The zero-order valence-electron chi connectivity index (χ0n) is 12.3. The maximum absolute atomic E-state index is 11.2. The van der Waals surface area contributed by atoms with Gasteiger partial charge in [0.1, 0.15) is 12.1 Å². The zero-order valence-corrected chi connectivity index (χ0v) is 12.3. The fourth-order valence-corrected chi connectivity index (χ4v) is 2.04. The maximum Gasteiger partial charge on any atom is 0.251 e. The van der Waals surface area contributed by atoms with Crippen molar-refractivity contribution in [2.45, 2.75) is 33.1 Å². The van der Waals surface area contributed by atoms with Crippen molar-refractivity contribution in [3.63, 3.8) is 0 Å². The van der Waals surface area contributed by atoms with Gasteiger partial charge in [0, 0.05) is 18.3 Å². The maximum atomic E-state index is 11.2. The van der Waals surface area contributed by atoms with Crippen molar-refractivity contribution in [2.75, 3.05) is 11.9 Å². The van der Waals surface area contributed by atoms with E-state index in [1.807, 2.05) is 0 Å². The molecular formula is C14H20N6O. The molecule has 0 aliphatic rings. The highest BCUT2D eigenvalue weighted by Gasteiger charge is 2.14. The van der Waals surface area contributed by atoms with Gasteiger partial charge in [-0.1, -0.05) is 20.3 Å². The molecule has 0 spiro atoms. The quantitative estimate of drug-likeness (QED) is 0.805. The summed E-state index contributed by atoms with van der Waals surface area (Å²) in [7, 11) is 0. The molecule has 2 aromatic heterocycles. The normalized spacial score (nSPS) is 10.6. The van der Waals surface area contributed by atoms with E-state index >= 15 is 0 Å². The molecule has 0 aliphatic heterocycles. The van der Waals surface area contributed by atoms with Crippen molar-refractivity contribution in [2.24, 2.45) is 5.73 Å². The van der Waals surface area contributed by atoms with E-state index in [9.17, 15) is 4.79 Å². The third-order valence-corrected chi connectivity index (χ3v) is 3.05. The van der Waals surface area contributed by atoms with E-state index in [2.05, 4.69) is 34.2 Å². The Morgan fingerprint density at radius 2 is 2.14 bits per heavy atom. The second kappa shape index (κ2) is 6.83. The highest BCUT2D eigenvalue weighted by molar-refractivity contribution is 5.92. The summed E-state index contributed by atoms with van der Waals surface area (Å²) in [6.07, 6.45) is 7.34. The van der Waals surface area contributed by atoms with Gasteiger partial charge in [0.15, 0.2) is 5.82 Å². The van der Waals surface area contributed by atoms with E-state index in [0.717, 1.165) is 37.2 Å². The second-order valence-electron chi connectivity index (χ2n) is 4.74. The van der Waals surface area contributed by atoms with Crippen molar-refractivity contribution in [1.82, 2.24) is 19.7 Å². The van der Waals surface area contributed by atoms with Gasteiger partial charge >= 0.3 is 0 Å². The minimum atomic E-state index is -0.503. The average molecular weight is 288 g/mol. The second-order valence-corrected chi connectivity index (χ2v) is 4.74. The zero-order chi connectivity index (χ0) is 15.2. The molecule has 7 nitrogen and oxygen atoms in total. The molecule has 0 saturated heterocycles. The van der Waals surface area contributed by atoms with E-state index in [1.54, 1.807) is 10.9 Å². The largest absolute Gasteiger partial charge is 0.370 e. The molecule has 0 unspecified atom stereocenters. The Morgan fingerprint density at radius 1 is 1.33 bits per heavy atom. The number of aromatic nitrogens is 4. The first-order valence-electron chi connectivity index (χ1n) is 7.10. The van der Waals surface area contributed by atoms with Crippen LogP contribution in [0.1, 0.15) is 42.6 Å². The Hall–Kier alpha value is -2.44. The Kier molecular flexibility index (Phi) is 4.86. The minimum absolute atomic E-state index is 0.360. The Morgan fingerprint density at radius 3 is 2.76 bits per heavy atom. The lowest BCUT2D eigenvalue weighted by Gasteiger charge is -2.13. The van der Waals surface area contributed by atoms with Crippen LogP contribution >= 0.6 is 0 Å². The van der Waals surface area contributed by atoms with E-state index < -0.39 is 5.91 Å². The number of amides is 1. The van der Waals surface area contributed by atoms with Gasteiger partial charge in [0.2, 0.25) is 0 Å². The lowest BCUT2D eigenvalue weighted by molar-refractivity contribution is 0.100. The Labute approximate surface area is 123 Å². The number of anilines is 1. The van der Waals surface area contributed by atoms with Crippen LogP contribution in [0.25, 0.3) is 5.82 Å². The summed E-state index contributed by atoms with van der Waals surface area (Å²) in [6.45, 7) is 5.04. The third kappa shape index (κ3) is 3.36. The highest BCUT2D eigenvalue weighted by atomic mass is 16.1. The van der Waals surface area contributed by atoms with Crippen molar-refractivity contribution in [1.29, 1.82) is 0 Å². The summed E-state index contributed by atoms with van der Waals surface area (Å²) < 4.78 is 1.57. The SMILES string of the molecule is CCCNc1ncnc(-n2cc(C(N)=O)cn2)c1CCC. The fourth-order valence-electron chi connectivity index (χ4n) is 2.04. The van der Waals surface area contributed by atoms with Gasteiger partial charge in [0.05, 0.1) is 11.8 Å². The summed E-state index contributed by atoms with van der Waals surface area (Å²) in [5.41, 5.74) is 6.61. The van der Waals surface area contributed by atoms with Crippen LogP contribution in [0.2, 0.25) is 0 Å². The van der Waals surface area contributed by atoms with Gasteiger partial charge in [-0.25, -0.2) is 14.6 Å². The van der Waals surface area contributed by atoms with Gasteiger partial charge < -0.3 is 11.1 Å². The summed E-state index contributed by atoms with van der Waals surface area (Å²) in [5, 5.41) is 7.47. The van der Waals surface area contributed by atoms with Crippen LogP contribution in [0, 0.1) is 0 Å². The number of nitrogens with two attached hydrogens (primary N) is 1. The molecule has 0 atom stereocenters. The molecule has 21 heavy (non-hydrogen) atoms. The average Bonchev–Trinajstić information content (AvgIpc) is 2.96. The molecule has 112 valence electrons. The van der Waals surface area contributed by atoms with E-state index in [4.69, 9.17) is 5.73 Å². The smallest absolute Gasteiger partial charge is 0.251 e. The van der Waals surface area contributed by atoms with Gasteiger partial charge in [-0.2, -0.15) is 5.10 Å². The number of nitrogens with one attached hydrogen (secondary N) is 1. The van der Waals surface area contributed by atoms with E-state index in [0.29, 0.717) is 11.4 Å². The van der Waals surface area contributed by atoms with Crippen molar-refractivity contribution in [3.8, 4) is 5.82 Å². The van der Waals surface area contributed by atoms with Gasteiger partial charge in [-0.15, -0.1) is 0 Å². The standard InChI is InChI=1S/C14H20N6O/c1-3-5-11-13(16-6-4-2)17-9-18-14(11)20-8-10(7-19-20)12(15)21/h7-9H,3-6H2,1-2H3,(H2,15,21)(H,16,17,18). The summed E-state index contributed by atoms with van der Waals surface area (Å²) in [4.78, 5) is 19.8. The number of hydrogen-bond acceptors (Lipinski definition) is 5. The van der Waals surface area contributed by atoms with Crippen LogP contribution in [0.5, 0.6) is 0 Å². The van der Waals surface area contributed by atoms with E-state index in [-0.39, 0.29) is 0 Å². The fraction of sp³-hybridized carbons (Fsp3) is 0.429. The van der Waals surface area contributed by atoms with Crippen LogP contribution in [0.4, 0.5) is 5.82 Å². The van der Waals surface area contributed by atoms with Gasteiger partial charge in [-0.05, 0) is 12.8 Å². The molecule has 0 saturated carbocycles. The molecule has 7 heteroatoms. The minimum Gasteiger partial charge on any atom is -0.370 e. The predicted molar refractivity (Wildman–Crippen MR) is 80.4 cm³/mol. The molecule has 3 N–H and O–H groups in total. The van der Waals surface area contributed by atoms with Gasteiger partial charge in [-0.3, -0.25) is 4.79 Å². The lowest BCUT2D eigenvalue weighted by Crippen LogP contribution is -2.12. The first-order chi connectivity index (χ1) is 10.2. The molecular weight excluding hydrogens is 268 g/mol. The molecule has 0 aliphatic carbocycles. The molecule has 0 aromatic carbocycles. The number of carbonyl (C=O) groups is 1. The van der Waals surface area contributed by atoms with Gasteiger partial charge in [0.25, 0.3) is 5.91 Å². The number of carbonyl (C=O) groups excluding carboxylic acids is 1. The van der Waals surface area contributed by atoms with E-state index in [1.165, 1.54) is 12.5 Å². The van der Waals surface area contributed by atoms with Crippen molar-refractivity contribution < 1.29 is 4.79 Å². The van der Waals surface area contributed by atoms with Crippen molar-refractivity contribution >= 4 is 11.7 Å². The first-order valence-corrected chi connectivity index (χ1v) is 7.10. The third-order valence-electron chi connectivity index (χ3n) is 3.05. The lowest BCUT2D eigenvalue weighted by atomic mass is 10.1. The molecule has 2 heterocycles. The summed E-state index contributed by atoms with van der Waals surface area (Å²) in [6, 6.07) is 0. The Balaban J connectivity index is 2.43. The molecule has 2 aromatic rings. The van der Waals surface area contributed by atoms with Crippen molar-refractivity contribution in [3.05, 3.63) is 29.8 Å². The number of hydrogen-bond donors (Lipinski definition) is 2. The molecule has 1 amide bonds. The highest BCUT2D eigenvalue weighted by Crippen LogP contribution is 2.20. The van der Waals surface area contributed by atoms with Crippen LogP contribution in [-0.2, 0) is 6.42 Å². The Bertz CT molecular complexity index is 622. The number of primary amides is 1. The van der Waals surface area contributed by atoms with Crippen LogP contribution in [-0.4, -0.2) is 32.2 Å². The number of rotatable bonds is 7. The molecule has 0 radical (unpaired) electrons. The summed E-state index contributed by atoms with van der Waals surface area (Å²) >= 11 is 0. The summed E-state index contributed by atoms with van der Waals surface area (Å²) in [5.74, 6) is 0.995. The topological polar surface area (TPSA) is 98.7 Å². The van der Waals surface area contributed by atoms with Crippen LogP contribution < -0.4 is 11.1 Å². The van der Waals surface area contributed by atoms with Crippen LogP contribution in [0.3, 0.4) is 0 Å². The molecule has 0 fully saturated rings.